The van der Waals surface area contributed by atoms with Crippen LogP contribution in [0.2, 0.25) is 0 Å². The predicted octanol–water partition coefficient (Wildman–Crippen LogP) is 2.23. The van der Waals surface area contributed by atoms with E-state index in [0.717, 1.165) is 6.54 Å². The van der Waals surface area contributed by atoms with Gasteiger partial charge in [-0.3, -0.25) is 4.79 Å². The van der Waals surface area contributed by atoms with Crippen LogP contribution < -0.4 is 10.5 Å². The van der Waals surface area contributed by atoms with Gasteiger partial charge in [0.2, 0.25) is 0 Å². The van der Waals surface area contributed by atoms with Gasteiger partial charge in [0.1, 0.15) is 10.3 Å². The van der Waals surface area contributed by atoms with Crippen LogP contribution in [-0.2, 0) is 6.54 Å². The Bertz CT molecular complexity index is 523. The quantitative estimate of drug-likeness (QED) is 0.945. The summed E-state index contributed by atoms with van der Waals surface area (Å²) in [4.78, 5) is 20.0. The van der Waals surface area contributed by atoms with Crippen LogP contribution in [0.4, 0.5) is 5.82 Å². The highest BCUT2D eigenvalue weighted by molar-refractivity contribution is 9.10. The van der Waals surface area contributed by atoms with Gasteiger partial charge in [-0.05, 0) is 38.3 Å². The zero-order chi connectivity index (χ0) is 11.5. The summed E-state index contributed by atoms with van der Waals surface area (Å²) in [5.74, 6) is 0.648. The number of nitrogens with one attached hydrogen (secondary N) is 1. The van der Waals surface area contributed by atoms with E-state index in [-0.39, 0.29) is 5.56 Å². The van der Waals surface area contributed by atoms with Crippen molar-refractivity contribution in [3.63, 3.8) is 0 Å². The van der Waals surface area contributed by atoms with E-state index in [1.807, 2.05) is 17.3 Å². The molecule has 0 aliphatic heterocycles. The molecular weight excluding hydrogens is 290 g/mol. The molecular formula is C10H10BrN3OS. The molecule has 0 saturated carbocycles. The van der Waals surface area contributed by atoms with E-state index in [0.29, 0.717) is 10.3 Å². The van der Waals surface area contributed by atoms with Crippen molar-refractivity contribution in [3.8, 4) is 0 Å². The fourth-order valence-electron chi connectivity index (χ4n) is 1.37. The normalized spacial score (nSPS) is 10.4. The van der Waals surface area contributed by atoms with Crippen LogP contribution in [0.25, 0.3) is 0 Å². The van der Waals surface area contributed by atoms with Gasteiger partial charge in [0.05, 0.1) is 6.33 Å². The van der Waals surface area contributed by atoms with Crippen LogP contribution in [-0.4, -0.2) is 17.0 Å². The van der Waals surface area contributed by atoms with Crippen molar-refractivity contribution in [3.05, 3.63) is 43.5 Å². The molecule has 0 unspecified atom stereocenters. The first-order valence-corrected chi connectivity index (χ1v) is 6.37. The number of halogens is 1. The van der Waals surface area contributed by atoms with Gasteiger partial charge in [-0.15, -0.1) is 0 Å². The smallest absolute Gasteiger partial charge is 0.267 e. The van der Waals surface area contributed by atoms with E-state index >= 15 is 0 Å². The van der Waals surface area contributed by atoms with Crippen LogP contribution in [0.3, 0.4) is 0 Å². The van der Waals surface area contributed by atoms with Gasteiger partial charge in [0.25, 0.3) is 5.56 Å². The van der Waals surface area contributed by atoms with Crippen molar-refractivity contribution in [2.75, 3.05) is 11.9 Å². The number of hydrogen-bond acceptors (Lipinski definition) is 4. The molecule has 0 amide bonds. The lowest BCUT2D eigenvalue weighted by Crippen LogP contribution is -2.21. The van der Waals surface area contributed by atoms with Gasteiger partial charge >= 0.3 is 0 Å². The van der Waals surface area contributed by atoms with Crippen molar-refractivity contribution < 1.29 is 0 Å². The lowest BCUT2D eigenvalue weighted by Gasteiger charge is -2.17. The molecule has 0 atom stereocenters. The van der Waals surface area contributed by atoms with Crippen LogP contribution in [0.1, 0.15) is 5.56 Å². The van der Waals surface area contributed by atoms with Crippen molar-refractivity contribution >= 4 is 33.1 Å². The van der Waals surface area contributed by atoms with Gasteiger partial charge < -0.3 is 9.88 Å². The van der Waals surface area contributed by atoms with Gasteiger partial charge in [-0.1, -0.05) is 0 Å². The molecule has 16 heavy (non-hydrogen) atoms. The van der Waals surface area contributed by atoms with Gasteiger partial charge in [0.15, 0.2) is 0 Å². The van der Waals surface area contributed by atoms with Crippen LogP contribution in [0.5, 0.6) is 0 Å². The van der Waals surface area contributed by atoms with Gasteiger partial charge in [0, 0.05) is 13.6 Å². The highest BCUT2D eigenvalue weighted by Crippen LogP contribution is 2.20. The number of H-pyrrole nitrogens is 1. The highest BCUT2D eigenvalue weighted by Gasteiger charge is 2.10. The first-order valence-electron chi connectivity index (χ1n) is 4.64. The number of aromatic amines is 1. The highest BCUT2D eigenvalue weighted by atomic mass is 79.9. The molecule has 0 aliphatic rings. The molecule has 84 valence electrons. The fraction of sp³-hybridized carbons (Fsp3) is 0.200. The maximum atomic E-state index is 11.4. The first kappa shape index (κ1) is 11.3. The van der Waals surface area contributed by atoms with Crippen molar-refractivity contribution in [1.29, 1.82) is 0 Å². The summed E-state index contributed by atoms with van der Waals surface area (Å²) < 4.78 is 0.465. The van der Waals surface area contributed by atoms with E-state index in [1.54, 1.807) is 11.3 Å². The number of rotatable bonds is 3. The first-order chi connectivity index (χ1) is 7.68. The SMILES string of the molecule is CN(Cc1ccsc1)c1nc[nH]c(=O)c1Br. The lowest BCUT2D eigenvalue weighted by atomic mass is 10.3. The topological polar surface area (TPSA) is 49.0 Å². The Morgan fingerprint density at radius 2 is 2.44 bits per heavy atom. The van der Waals surface area contributed by atoms with E-state index in [2.05, 4.69) is 37.3 Å². The minimum absolute atomic E-state index is 0.165. The van der Waals surface area contributed by atoms with Crippen LogP contribution in [0.15, 0.2) is 32.4 Å². The summed E-state index contributed by atoms with van der Waals surface area (Å²) in [6.45, 7) is 0.735. The molecule has 2 heterocycles. The number of hydrogen-bond donors (Lipinski definition) is 1. The van der Waals surface area contributed by atoms with Crippen molar-refractivity contribution in [1.82, 2.24) is 9.97 Å². The molecule has 2 rings (SSSR count). The Hall–Kier alpha value is -1.14. The average Bonchev–Trinajstić information content (AvgIpc) is 2.74. The van der Waals surface area contributed by atoms with Crippen LogP contribution >= 0.6 is 27.3 Å². The molecule has 0 spiro atoms. The molecule has 0 aliphatic carbocycles. The summed E-state index contributed by atoms with van der Waals surface area (Å²) in [6.07, 6.45) is 1.41. The van der Waals surface area contributed by atoms with Gasteiger partial charge in [-0.2, -0.15) is 11.3 Å². The zero-order valence-electron chi connectivity index (χ0n) is 8.61. The molecule has 1 N–H and O–H groups in total. The average molecular weight is 300 g/mol. The summed E-state index contributed by atoms with van der Waals surface area (Å²) in [6, 6.07) is 2.06. The molecule has 0 aromatic carbocycles. The Balaban J connectivity index is 2.24. The van der Waals surface area contributed by atoms with E-state index in [9.17, 15) is 4.79 Å². The molecule has 0 radical (unpaired) electrons. The Labute approximate surface area is 105 Å². The standard InChI is InChI=1S/C10H10BrN3OS/c1-14(4-7-2-3-16-5-7)9-8(11)10(15)13-6-12-9/h2-3,5-6H,4H2,1H3,(H,12,13,15). The molecule has 2 aromatic rings. The minimum atomic E-state index is -0.165. The summed E-state index contributed by atoms with van der Waals surface area (Å²) in [7, 11) is 1.91. The third-order valence-corrected chi connectivity index (χ3v) is 3.59. The van der Waals surface area contributed by atoms with Crippen molar-refractivity contribution in [2.45, 2.75) is 6.54 Å². The molecule has 6 heteroatoms. The van der Waals surface area contributed by atoms with Crippen molar-refractivity contribution in [2.24, 2.45) is 0 Å². The third kappa shape index (κ3) is 2.33. The lowest BCUT2D eigenvalue weighted by molar-refractivity contribution is 0.884. The third-order valence-electron chi connectivity index (χ3n) is 2.14. The second-order valence-corrected chi connectivity index (χ2v) is 4.93. The molecule has 4 nitrogen and oxygen atoms in total. The Morgan fingerprint density at radius 1 is 1.62 bits per heavy atom. The Kier molecular flexibility index (Phi) is 3.40. The second kappa shape index (κ2) is 4.80. The molecule has 0 saturated heterocycles. The monoisotopic (exact) mass is 299 g/mol. The molecule has 0 bridgehead atoms. The fourth-order valence-corrected chi connectivity index (χ4v) is 2.55. The number of thiophene rings is 1. The number of anilines is 1. The number of aromatic nitrogens is 2. The van der Waals surface area contributed by atoms with Gasteiger partial charge in [-0.25, -0.2) is 4.98 Å². The summed E-state index contributed by atoms with van der Waals surface area (Å²) in [5, 5.41) is 4.11. The Morgan fingerprint density at radius 3 is 3.12 bits per heavy atom. The summed E-state index contributed by atoms with van der Waals surface area (Å²) in [5.41, 5.74) is 1.05. The van der Waals surface area contributed by atoms with E-state index < -0.39 is 0 Å². The second-order valence-electron chi connectivity index (χ2n) is 3.36. The van der Waals surface area contributed by atoms with E-state index in [4.69, 9.17) is 0 Å². The molecule has 0 fully saturated rings. The van der Waals surface area contributed by atoms with E-state index in [1.165, 1.54) is 11.9 Å². The molecule has 2 aromatic heterocycles. The summed E-state index contributed by atoms with van der Waals surface area (Å²) >= 11 is 4.90. The largest absolute Gasteiger partial charge is 0.354 e. The van der Waals surface area contributed by atoms with Crippen LogP contribution in [0, 0.1) is 0 Å². The minimum Gasteiger partial charge on any atom is -0.354 e. The maximum Gasteiger partial charge on any atom is 0.267 e. The maximum absolute atomic E-state index is 11.4. The predicted molar refractivity (Wildman–Crippen MR) is 69.0 cm³/mol. The zero-order valence-corrected chi connectivity index (χ0v) is 11.0. The number of nitrogens with zero attached hydrogens (tertiary/aromatic N) is 2.